The second-order valence-electron chi connectivity index (χ2n) is 8.83. The molecule has 0 aliphatic carbocycles. The van der Waals surface area contributed by atoms with Crippen LogP contribution in [0.15, 0.2) is 60.8 Å². The van der Waals surface area contributed by atoms with Crippen LogP contribution in [-0.2, 0) is 23.7 Å². The molecular formula is C29H46O9. The predicted molar refractivity (Wildman–Crippen MR) is 145 cm³/mol. The van der Waals surface area contributed by atoms with E-state index in [1.807, 2.05) is 6.08 Å². The Hall–Kier alpha value is -2.11. The summed E-state index contributed by atoms with van der Waals surface area (Å²) < 4.78 is 21.5. The number of aliphatic hydroxyl groups is 4. The monoisotopic (exact) mass is 538 g/mol. The molecule has 0 amide bonds. The highest BCUT2D eigenvalue weighted by Crippen LogP contribution is 2.22. The van der Waals surface area contributed by atoms with Crippen LogP contribution < -0.4 is 0 Å². The third-order valence-electron chi connectivity index (χ3n) is 5.52. The fourth-order valence-electron chi connectivity index (χ4n) is 3.49. The first-order valence-corrected chi connectivity index (χ1v) is 13.3. The Morgan fingerprint density at radius 1 is 0.816 bits per heavy atom. The van der Waals surface area contributed by atoms with Crippen molar-refractivity contribution in [2.45, 2.75) is 89.2 Å². The van der Waals surface area contributed by atoms with E-state index in [1.54, 1.807) is 0 Å². The number of carbonyl (C=O) groups excluding carboxylic acids is 1. The molecule has 9 nitrogen and oxygen atoms in total. The van der Waals surface area contributed by atoms with E-state index in [1.165, 1.54) is 6.92 Å². The highest BCUT2D eigenvalue weighted by molar-refractivity contribution is 5.66. The summed E-state index contributed by atoms with van der Waals surface area (Å²) in [6.07, 6.45) is 19.1. The molecule has 9 heteroatoms. The molecule has 1 fully saturated rings. The molecule has 0 saturated carbocycles. The van der Waals surface area contributed by atoms with Crippen LogP contribution in [-0.4, -0.2) is 89.6 Å². The minimum atomic E-state index is -1.54. The van der Waals surface area contributed by atoms with Gasteiger partial charge >= 0.3 is 5.97 Å². The normalized spacial score (nSPS) is 25.5. The van der Waals surface area contributed by atoms with Crippen molar-refractivity contribution in [3.63, 3.8) is 0 Å². The van der Waals surface area contributed by atoms with Crippen molar-refractivity contribution in [3.8, 4) is 0 Å². The van der Waals surface area contributed by atoms with E-state index >= 15 is 0 Å². The fraction of sp³-hybridized carbons (Fsp3) is 0.621. The molecule has 216 valence electrons. The summed E-state index contributed by atoms with van der Waals surface area (Å²) in [5, 5.41) is 39.0. The van der Waals surface area contributed by atoms with Crippen LogP contribution in [0.5, 0.6) is 0 Å². The molecule has 38 heavy (non-hydrogen) atoms. The minimum absolute atomic E-state index is 0.0711. The van der Waals surface area contributed by atoms with Gasteiger partial charge in [0, 0.05) is 6.92 Å². The first kappa shape index (κ1) is 33.9. The van der Waals surface area contributed by atoms with Gasteiger partial charge in [0.1, 0.15) is 30.5 Å². The zero-order chi connectivity index (χ0) is 28.0. The third kappa shape index (κ3) is 15.3. The third-order valence-corrected chi connectivity index (χ3v) is 5.52. The van der Waals surface area contributed by atoms with Crippen LogP contribution in [0.1, 0.15) is 52.4 Å². The lowest BCUT2D eigenvalue weighted by molar-refractivity contribution is -0.305. The summed E-state index contributed by atoms with van der Waals surface area (Å²) >= 11 is 0. The lowest BCUT2D eigenvalue weighted by Crippen LogP contribution is -2.59. The van der Waals surface area contributed by atoms with Crippen molar-refractivity contribution >= 4 is 5.97 Å². The van der Waals surface area contributed by atoms with E-state index in [9.17, 15) is 25.2 Å². The molecule has 1 aliphatic rings. The van der Waals surface area contributed by atoms with Crippen molar-refractivity contribution in [2.24, 2.45) is 0 Å². The van der Waals surface area contributed by atoms with Crippen LogP contribution in [0.4, 0.5) is 0 Å². The molecule has 0 aromatic carbocycles. The molecule has 4 N–H and O–H groups in total. The summed E-state index contributed by atoms with van der Waals surface area (Å²) in [6.45, 7) is 3.16. The van der Waals surface area contributed by atoms with Crippen LogP contribution in [0, 0.1) is 0 Å². The Morgan fingerprint density at radius 3 is 1.89 bits per heavy atom. The molecule has 1 rings (SSSR count). The second kappa shape index (κ2) is 21.8. The topological polar surface area (TPSA) is 135 Å². The SMILES string of the molecule is CC/C=C\C/C=C\C/C=C\C/C=C\C/C=C\CCOCC(COC1OC(CO)C(O)C(O)C1O)OC(C)=O. The van der Waals surface area contributed by atoms with Gasteiger partial charge < -0.3 is 39.4 Å². The number of aliphatic hydroxyl groups excluding tert-OH is 4. The Kier molecular flexibility index (Phi) is 19.4. The number of ether oxygens (including phenoxy) is 4. The Morgan fingerprint density at radius 2 is 1.37 bits per heavy atom. The maximum Gasteiger partial charge on any atom is 0.303 e. The fourth-order valence-corrected chi connectivity index (χ4v) is 3.49. The standard InChI is InChI=1S/C29H46O9/c1-3-4-5-6-7-8-9-10-11-12-13-14-15-16-17-18-19-35-21-24(37-23(2)31)22-36-29-28(34)27(33)26(32)25(20-30)38-29/h4-5,7-8,10-11,13-14,16-17,24-30,32-34H,3,6,9,12,15,18-22H2,1-2H3/b5-4-,8-7-,11-10-,14-13-,17-16-. The van der Waals surface area contributed by atoms with Gasteiger partial charge in [-0.25, -0.2) is 0 Å². The molecule has 0 aromatic heterocycles. The van der Waals surface area contributed by atoms with Crippen LogP contribution >= 0.6 is 0 Å². The predicted octanol–water partition coefficient (Wildman–Crippen LogP) is 2.89. The molecule has 1 heterocycles. The number of carbonyl (C=O) groups is 1. The van der Waals surface area contributed by atoms with E-state index in [-0.39, 0.29) is 13.2 Å². The first-order chi connectivity index (χ1) is 18.4. The number of hydrogen-bond donors (Lipinski definition) is 4. The molecule has 0 bridgehead atoms. The Balaban J connectivity index is 2.22. The molecule has 1 aliphatic heterocycles. The van der Waals surface area contributed by atoms with Crippen LogP contribution in [0.25, 0.3) is 0 Å². The average Bonchev–Trinajstić information content (AvgIpc) is 2.90. The highest BCUT2D eigenvalue weighted by Gasteiger charge is 2.44. The van der Waals surface area contributed by atoms with Crippen molar-refractivity contribution in [2.75, 3.05) is 26.4 Å². The van der Waals surface area contributed by atoms with Gasteiger partial charge in [-0.05, 0) is 38.5 Å². The molecule has 1 saturated heterocycles. The molecule has 6 atom stereocenters. The maximum absolute atomic E-state index is 11.4. The summed E-state index contributed by atoms with van der Waals surface area (Å²) in [5.74, 6) is -0.520. The molecular weight excluding hydrogens is 492 g/mol. The lowest BCUT2D eigenvalue weighted by atomic mass is 9.99. The van der Waals surface area contributed by atoms with Crippen molar-refractivity contribution in [3.05, 3.63) is 60.8 Å². The smallest absolute Gasteiger partial charge is 0.303 e. The van der Waals surface area contributed by atoms with Gasteiger partial charge in [-0.1, -0.05) is 67.7 Å². The van der Waals surface area contributed by atoms with Crippen molar-refractivity contribution in [1.82, 2.24) is 0 Å². The zero-order valence-corrected chi connectivity index (χ0v) is 22.6. The lowest BCUT2D eigenvalue weighted by Gasteiger charge is -2.39. The summed E-state index contributed by atoms with van der Waals surface area (Å²) in [7, 11) is 0. The minimum Gasteiger partial charge on any atom is -0.458 e. The van der Waals surface area contributed by atoms with Crippen molar-refractivity contribution < 1.29 is 44.2 Å². The van der Waals surface area contributed by atoms with E-state index in [0.717, 1.165) is 32.1 Å². The van der Waals surface area contributed by atoms with Crippen molar-refractivity contribution in [1.29, 1.82) is 0 Å². The summed E-state index contributed by atoms with van der Waals surface area (Å²) in [5.41, 5.74) is 0. The average molecular weight is 539 g/mol. The van der Waals surface area contributed by atoms with Crippen LogP contribution in [0.2, 0.25) is 0 Å². The van der Waals surface area contributed by atoms with Gasteiger partial charge in [0.25, 0.3) is 0 Å². The number of hydrogen-bond acceptors (Lipinski definition) is 9. The number of rotatable bonds is 19. The van der Waals surface area contributed by atoms with E-state index in [2.05, 4.69) is 61.6 Å². The molecule has 0 radical (unpaired) electrons. The Labute approximate surface area is 226 Å². The molecule has 0 spiro atoms. The number of esters is 1. The zero-order valence-electron chi connectivity index (χ0n) is 22.6. The van der Waals surface area contributed by atoms with Crippen LogP contribution in [0.3, 0.4) is 0 Å². The van der Waals surface area contributed by atoms with Gasteiger partial charge in [-0.15, -0.1) is 0 Å². The van der Waals surface area contributed by atoms with Gasteiger partial charge in [-0.3, -0.25) is 4.79 Å². The first-order valence-electron chi connectivity index (χ1n) is 13.3. The van der Waals surface area contributed by atoms with Gasteiger partial charge in [0.05, 0.1) is 26.4 Å². The summed E-state index contributed by atoms with van der Waals surface area (Å²) in [6, 6.07) is 0. The molecule has 0 aromatic rings. The second-order valence-corrected chi connectivity index (χ2v) is 8.83. The largest absolute Gasteiger partial charge is 0.458 e. The Bertz CT molecular complexity index is 757. The quantitative estimate of drug-likeness (QED) is 0.111. The van der Waals surface area contributed by atoms with Gasteiger partial charge in [0.2, 0.25) is 0 Å². The van der Waals surface area contributed by atoms with E-state index in [4.69, 9.17) is 18.9 Å². The molecule has 6 unspecified atom stereocenters. The summed E-state index contributed by atoms with van der Waals surface area (Å²) in [4.78, 5) is 11.4. The van der Waals surface area contributed by atoms with E-state index in [0.29, 0.717) is 13.0 Å². The maximum atomic E-state index is 11.4. The highest BCUT2D eigenvalue weighted by atomic mass is 16.7. The van der Waals surface area contributed by atoms with Gasteiger partial charge in [-0.2, -0.15) is 0 Å². The van der Waals surface area contributed by atoms with E-state index < -0.39 is 49.4 Å². The number of allylic oxidation sites excluding steroid dienone is 9. The van der Waals surface area contributed by atoms with Gasteiger partial charge in [0.15, 0.2) is 6.29 Å².